The van der Waals surface area contributed by atoms with Gasteiger partial charge in [-0.15, -0.1) is 0 Å². The Morgan fingerprint density at radius 3 is 1.50 bits per heavy atom. The van der Waals surface area contributed by atoms with Crippen molar-refractivity contribution in [3.05, 3.63) is 70.8 Å². The van der Waals surface area contributed by atoms with Gasteiger partial charge >= 0.3 is 0 Å². The van der Waals surface area contributed by atoms with Crippen LogP contribution in [0, 0.1) is 0 Å². The fourth-order valence-corrected chi connectivity index (χ4v) is 4.08. The molecule has 4 nitrogen and oxygen atoms in total. The van der Waals surface area contributed by atoms with Crippen molar-refractivity contribution in [1.29, 1.82) is 0 Å². The van der Waals surface area contributed by atoms with Gasteiger partial charge in [-0.1, -0.05) is 48.6 Å². The highest BCUT2D eigenvalue weighted by Crippen LogP contribution is 2.39. The van der Waals surface area contributed by atoms with Crippen LogP contribution in [0.2, 0.25) is 0 Å². The summed E-state index contributed by atoms with van der Waals surface area (Å²) in [7, 11) is 0. The molecular weight excluding hydrogens is 328 g/mol. The number of aliphatic hydroxyl groups excluding tert-OH is 4. The molecule has 0 amide bonds. The monoisotopic (exact) mass is 346 g/mol. The lowest BCUT2D eigenvalue weighted by Gasteiger charge is -2.25. The largest absolute Gasteiger partial charge is 0.386 e. The van der Waals surface area contributed by atoms with Crippen LogP contribution in [0.25, 0.3) is 33.7 Å². The van der Waals surface area contributed by atoms with Gasteiger partial charge in [0.2, 0.25) is 0 Å². The summed E-state index contributed by atoms with van der Waals surface area (Å²) in [4.78, 5) is 0. The molecule has 4 heteroatoms. The summed E-state index contributed by atoms with van der Waals surface area (Å²) in [5, 5.41) is 44.4. The van der Waals surface area contributed by atoms with E-state index >= 15 is 0 Å². The lowest BCUT2D eigenvalue weighted by molar-refractivity contribution is 0.0471. The minimum absolute atomic E-state index is 0.711. The van der Waals surface area contributed by atoms with E-state index in [9.17, 15) is 20.4 Å². The summed E-state index contributed by atoms with van der Waals surface area (Å²) in [6, 6.07) is 11.8. The molecule has 3 aromatic rings. The Morgan fingerprint density at radius 1 is 0.577 bits per heavy atom. The predicted octanol–water partition coefficient (Wildman–Crippen LogP) is 2.84. The van der Waals surface area contributed by atoms with Gasteiger partial charge in [-0.25, -0.2) is 0 Å². The van der Waals surface area contributed by atoms with E-state index in [0.717, 1.165) is 32.7 Å². The molecule has 5 rings (SSSR count). The van der Waals surface area contributed by atoms with Crippen LogP contribution >= 0.6 is 0 Å². The summed E-state index contributed by atoms with van der Waals surface area (Å²) in [5.41, 5.74) is 3.23. The second kappa shape index (κ2) is 5.50. The molecule has 0 bridgehead atoms. The van der Waals surface area contributed by atoms with Crippen molar-refractivity contribution in [2.75, 3.05) is 0 Å². The van der Waals surface area contributed by atoms with Crippen LogP contribution in [0.1, 0.15) is 34.5 Å². The summed E-state index contributed by atoms with van der Waals surface area (Å²) in [5.74, 6) is 0. The van der Waals surface area contributed by atoms with Gasteiger partial charge in [0.15, 0.2) is 0 Å². The molecule has 2 aliphatic rings. The molecule has 26 heavy (non-hydrogen) atoms. The second-order valence-corrected chi connectivity index (χ2v) is 7.02. The van der Waals surface area contributed by atoms with Crippen molar-refractivity contribution < 1.29 is 20.4 Å². The number of hydrogen-bond donors (Lipinski definition) is 4. The first-order chi connectivity index (χ1) is 12.5. The van der Waals surface area contributed by atoms with Gasteiger partial charge in [-0.05, 0) is 55.9 Å². The van der Waals surface area contributed by atoms with E-state index in [2.05, 4.69) is 12.1 Å². The smallest absolute Gasteiger partial charge is 0.109 e. The van der Waals surface area contributed by atoms with Gasteiger partial charge in [-0.2, -0.15) is 0 Å². The van der Waals surface area contributed by atoms with Gasteiger partial charge in [-0.3, -0.25) is 0 Å². The zero-order valence-corrected chi connectivity index (χ0v) is 13.9. The molecule has 0 fully saturated rings. The molecule has 0 saturated heterocycles. The van der Waals surface area contributed by atoms with Crippen LogP contribution in [0.3, 0.4) is 0 Å². The van der Waals surface area contributed by atoms with Crippen LogP contribution in [0.4, 0.5) is 0 Å². The highest BCUT2D eigenvalue weighted by Gasteiger charge is 2.25. The first-order valence-corrected chi connectivity index (χ1v) is 8.66. The maximum absolute atomic E-state index is 10.3. The van der Waals surface area contributed by atoms with E-state index in [0.29, 0.717) is 11.1 Å². The molecule has 0 aliphatic heterocycles. The van der Waals surface area contributed by atoms with Crippen molar-refractivity contribution in [3.8, 4) is 0 Å². The van der Waals surface area contributed by atoms with E-state index in [1.165, 1.54) is 0 Å². The minimum Gasteiger partial charge on any atom is -0.386 e. The summed E-state index contributed by atoms with van der Waals surface area (Å²) < 4.78 is 0. The Morgan fingerprint density at radius 2 is 1.04 bits per heavy atom. The first kappa shape index (κ1) is 15.7. The Hall–Kier alpha value is -2.50. The molecule has 1 unspecified atom stereocenters. The molecule has 0 saturated carbocycles. The number of aliphatic hydroxyl groups is 4. The molecule has 0 radical (unpaired) electrons. The van der Waals surface area contributed by atoms with Gasteiger partial charge < -0.3 is 20.4 Å². The van der Waals surface area contributed by atoms with Gasteiger partial charge in [0, 0.05) is 0 Å². The van der Waals surface area contributed by atoms with Crippen molar-refractivity contribution in [1.82, 2.24) is 0 Å². The van der Waals surface area contributed by atoms with Gasteiger partial charge in [0.1, 0.15) is 24.4 Å². The Labute approximate surface area is 150 Å². The molecule has 130 valence electrons. The lowest BCUT2D eigenvalue weighted by atomic mass is 9.85. The average molecular weight is 346 g/mol. The number of fused-ring (bicyclic) bond motifs is 6. The molecule has 0 aromatic heterocycles. The third-order valence-electron chi connectivity index (χ3n) is 5.51. The maximum atomic E-state index is 10.3. The topological polar surface area (TPSA) is 80.9 Å². The van der Waals surface area contributed by atoms with E-state index in [1.54, 1.807) is 12.2 Å². The summed E-state index contributed by atoms with van der Waals surface area (Å²) in [6.45, 7) is 0. The van der Waals surface area contributed by atoms with Gasteiger partial charge in [0.25, 0.3) is 0 Å². The average Bonchev–Trinajstić information content (AvgIpc) is 2.65. The van der Waals surface area contributed by atoms with Crippen molar-refractivity contribution in [2.24, 2.45) is 0 Å². The van der Waals surface area contributed by atoms with Crippen LogP contribution in [-0.4, -0.2) is 32.6 Å². The van der Waals surface area contributed by atoms with Crippen molar-refractivity contribution >= 4 is 33.7 Å². The Bertz CT molecular complexity index is 1030. The zero-order valence-electron chi connectivity index (χ0n) is 13.9. The Kier molecular flexibility index (Phi) is 3.33. The summed E-state index contributed by atoms with van der Waals surface area (Å²) in [6.07, 6.45) is 3.26. The third-order valence-corrected chi connectivity index (χ3v) is 5.51. The van der Waals surface area contributed by atoms with E-state index < -0.39 is 24.4 Å². The highest BCUT2D eigenvalue weighted by molar-refractivity contribution is 6.05. The second-order valence-electron chi connectivity index (χ2n) is 7.02. The molecule has 0 spiro atoms. The quantitative estimate of drug-likeness (QED) is 0.472. The van der Waals surface area contributed by atoms with Crippen LogP contribution in [0.5, 0.6) is 0 Å². The van der Waals surface area contributed by atoms with Crippen LogP contribution < -0.4 is 0 Å². The SMILES string of the molecule is OC1c2ccc3cc4ccc5c(c4cc3c2C=C[C@H]1O)C=C[C@H](O)[C@H]5O. The fraction of sp³-hybridized carbons (Fsp3) is 0.182. The molecule has 0 heterocycles. The standard InChI is InChI=1S/C22H18O4/c23-19-7-5-13-15(21(19)25)3-1-11-9-12-2-4-16-14(18(12)10-17(11)13)6-8-20(24)22(16)26/h1-10,19-26H/t19-,20+,21-,22?/m0/s1. The predicted molar refractivity (Wildman–Crippen MR) is 101 cm³/mol. The lowest BCUT2D eigenvalue weighted by Crippen LogP contribution is -2.19. The third kappa shape index (κ3) is 2.11. The van der Waals surface area contributed by atoms with Gasteiger partial charge in [0.05, 0.1) is 0 Å². The fourth-order valence-electron chi connectivity index (χ4n) is 4.08. The normalized spacial score (nSPS) is 26.9. The van der Waals surface area contributed by atoms with Crippen LogP contribution in [-0.2, 0) is 0 Å². The van der Waals surface area contributed by atoms with Crippen LogP contribution in [0.15, 0.2) is 48.6 Å². The minimum atomic E-state index is -0.934. The number of hydrogen-bond acceptors (Lipinski definition) is 4. The Balaban J connectivity index is 1.84. The van der Waals surface area contributed by atoms with Crippen molar-refractivity contribution in [3.63, 3.8) is 0 Å². The van der Waals surface area contributed by atoms with Crippen molar-refractivity contribution in [2.45, 2.75) is 24.4 Å². The first-order valence-electron chi connectivity index (χ1n) is 8.66. The molecular formula is C22H18O4. The van der Waals surface area contributed by atoms with E-state index in [-0.39, 0.29) is 0 Å². The summed E-state index contributed by atoms with van der Waals surface area (Å²) >= 11 is 0. The highest BCUT2D eigenvalue weighted by atomic mass is 16.3. The molecule has 4 N–H and O–H groups in total. The van der Waals surface area contributed by atoms with E-state index in [1.807, 2.05) is 36.4 Å². The number of benzene rings is 3. The van der Waals surface area contributed by atoms with E-state index in [4.69, 9.17) is 0 Å². The molecule has 3 aromatic carbocycles. The molecule has 4 atom stereocenters. The maximum Gasteiger partial charge on any atom is 0.109 e. The number of rotatable bonds is 0. The molecule has 2 aliphatic carbocycles. The zero-order chi connectivity index (χ0) is 18.0.